The number of amides is 2. The van der Waals surface area contributed by atoms with Gasteiger partial charge in [-0.25, -0.2) is 8.42 Å². The van der Waals surface area contributed by atoms with Gasteiger partial charge in [-0.1, -0.05) is 18.2 Å². The van der Waals surface area contributed by atoms with Crippen LogP contribution in [0.1, 0.15) is 5.56 Å². The van der Waals surface area contributed by atoms with Crippen molar-refractivity contribution in [2.24, 2.45) is 0 Å². The maximum absolute atomic E-state index is 12.2. The average Bonchev–Trinajstić information content (AvgIpc) is 2.37. The van der Waals surface area contributed by atoms with Crippen molar-refractivity contribution in [1.82, 2.24) is 9.62 Å². The van der Waals surface area contributed by atoms with Crippen molar-refractivity contribution in [3.05, 3.63) is 39.9 Å². The van der Waals surface area contributed by atoms with Gasteiger partial charge in [0.25, 0.3) is 5.69 Å². The van der Waals surface area contributed by atoms with Crippen molar-refractivity contribution in [3.8, 4) is 0 Å². The summed E-state index contributed by atoms with van der Waals surface area (Å²) in [6, 6.07) is 5.42. The van der Waals surface area contributed by atoms with Crippen molar-refractivity contribution in [1.29, 1.82) is 0 Å². The van der Waals surface area contributed by atoms with Gasteiger partial charge >= 0.3 is 0 Å². The largest absolute Gasteiger partial charge is 0.294 e. The second kappa shape index (κ2) is 5.58. The molecule has 112 valence electrons. The Hall–Kier alpha value is -2.33. The summed E-state index contributed by atoms with van der Waals surface area (Å²) in [4.78, 5) is 32.6. The minimum absolute atomic E-state index is 0.000862. The van der Waals surface area contributed by atoms with Gasteiger partial charge in [-0.05, 0) is 0 Å². The van der Waals surface area contributed by atoms with Crippen LogP contribution in [0.15, 0.2) is 24.3 Å². The molecule has 1 N–H and O–H groups in total. The number of benzene rings is 1. The molecule has 0 saturated carbocycles. The summed E-state index contributed by atoms with van der Waals surface area (Å²) in [5.74, 6) is -2.10. The molecular weight excluding hydrogens is 302 g/mol. The predicted octanol–water partition coefficient (Wildman–Crippen LogP) is -0.617. The van der Waals surface area contributed by atoms with E-state index in [9.17, 15) is 28.1 Å². The van der Waals surface area contributed by atoms with Gasteiger partial charge < -0.3 is 0 Å². The molecule has 1 aromatic rings. The standard InChI is InChI=1S/C11H11N3O6S/c15-10-5-13(6-11(16)12-10)21(19,20)7-8-3-1-2-4-9(8)14(17)18/h1-4H,5-7H2,(H,12,15,16). The van der Waals surface area contributed by atoms with Gasteiger partial charge in [0, 0.05) is 11.6 Å². The van der Waals surface area contributed by atoms with Crippen LogP contribution in [0.2, 0.25) is 0 Å². The summed E-state index contributed by atoms with van der Waals surface area (Å²) in [7, 11) is -4.01. The summed E-state index contributed by atoms with van der Waals surface area (Å²) in [6.45, 7) is -0.955. The van der Waals surface area contributed by atoms with Gasteiger partial charge in [0.1, 0.15) is 0 Å². The van der Waals surface area contributed by atoms with Crippen LogP contribution in [0.5, 0.6) is 0 Å². The average molecular weight is 313 g/mol. The summed E-state index contributed by atoms with van der Waals surface area (Å²) in [5.41, 5.74) is -0.324. The Morgan fingerprint density at radius 2 is 1.76 bits per heavy atom. The third-order valence-corrected chi connectivity index (χ3v) is 4.56. The molecule has 0 atom stereocenters. The molecule has 2 rings (SSSR count). The van der Waals surface area contributed by atoms with E-state index in [2.05, 4.69) is 0 Å². The number of rotatable bonds is 4. The molecule has 1 aliphatic rings. The minimum atomic E-state index is -4.01. The maximum Gasteiger partial charge on any atom is 0.273 e. The van der Waals surface area contributed by atoms with Crippen molar-refractivity contribution in [3.63, 3.8) is 0 Å². The first-order valence-electron chi connectivity index (χ1n) is 5.82. The number of nitro benzene ring substituents is 1. The van der Waals surface area contributed by atoms with E-state index in [0.717, 1.165) is 0 Å². The topological polar surface area (TPSA) is 127 Å². The SMILES string of the molecule is O=C1CN(S(=O)(=O)Cc2ccccc2[N+](=O)[O-])CC(=O)N1. The molecule has 0 aliphatic carbocycles. The highest BCUT2D eigenvalue weighted by Gasteiger charge is 2.33. The highest BCUT2D eigenvalue weighted by molar-refractivity contribution is 7.88. The number of hydrogen-bond donors (Lipinski definition) is 1. The highest BCUT2D eigenvalue weighted by Crippen LogP contribution is 2.21. The lowest BCUT2D eigenvalue weighted by atomic mass is 10.2. The van der Waals surface area contributed by atoms with Crippen LogP contribution in [0, 0.1) is 10.1 Å². The zero-order chi connectivity index (χ0) is 15.6. The Morgan fingerprint density at radius 1 is 1.19 bits per heavy atom. The van der Waals surface area contributed by atoms with Gasteiger partial charge in [0.15, 0.2) is 0 Å². The lowest BCUT2D eigenvalue weighted by Crippen LogP contribution is -2.53. The number of piperazine rings is 1. The first-order chi connectivity index (χ1) is 9.79. The van der Waals surface area contributed by atoms with Crippen LogP contribution < -0.4 is 5.32 Å². The smallest absolute Gasteiger partial charge is 0.273 e. The quantitative estimate of drug-likeness (QED) is 0.448. The molecule has 0 radical (unpaired) electrons. The number of nitro groups is 1. The van der Waals surface area contributed by atoms with E-state index in [1.165, 1.54) is 24.3 Å². The number of sulfonamides is 1. The first kappa shape index (κ1) is 15.1. The molecule has 9 nitrogen and oxygen atoms in total. The molecule has 2 amide bonds. The van der Waals surface area contributed by atoms with Crippen LogP contribution in [-0.2, 0) is 25.4 Å². The number of carbonyl (C=O) groups is 2. The Balaban J connectivity index is 2.28. The molecular formula is C11H11N3O6S. The predicted molar refractivity (Wildman–Crippen MR) is 70.4 cm³/mol. The highest BCUT2D eigenvalue weighted by atomic mass is 32.2. The fourth-order valence-electron chi connectivity index (χ4n) is 1.91. The molecule has 1 aliphatic heterocycles. The van der Waals surface area contributed by atoms with Crippen molar-refractivity contribution in [2.45, 2.75) is 5.75 Å². The maximum atomic E-state index is 12.2. The van der Waals surface area contributed by atoms with E-state index in [4.69, 9.17) is 0 Å². The lowest BCUT2D eigenvalue weighted by molar-refractivity contribution is -0.385. The second-order valence-electron chi connectivity index (χ2n) is 4.38. The van der Waals surface area contributed by atoms with E-state index in [0.29, 0.717) is 4.31 Å². The Bertz CT molecular complexity index is 698. The molecule has 1 fully saturated rings. The summed E-state index contributed by atoms with van der Waals surface area (Å²) < 4.78 is 25.1. The molecule has 0 unspecified atom stereocenters. The number of carbonyl (C=O) groups excluding carboxylic acids is 2. The third kappa shape index (κ3) is 3.41. The number of imide groups is 1. The fraction of sp³-hybridized carbons (Fsp3) is 0.273. The Morgan fingerprint density at radius 3 is 2.33 bits per heavy atom. The van der Waals surface area contributed by atoms with Crippen LogP contribution in [0.3, 0.4) is 0 Å². The van der Waals surface area contributed by atoms with Gasteiger partial charge in [0.2, 0.25) is 21.8 Å². The molecule has 1 saturated heterocycles. The second-order valence-corrected chi connectivity index (χ2v) is 6.35. The number of nitrogens with one attached hydrogen (secondary N) is 1. The van der Waals surface area contributed by atoms with Crippen molar-refractivity contribution in [2.75, 3.05) is 13.1 Å². The third-order valence-electron chi connectivity index (χ3n) is 2.84. The number of nitrogens with zero attached hydrogens (tertiary/aromatic N) is 2. The molecule has 1 aromatic carbocycles. The van der Waals surface area contributed by atoms with Gasteiger partial charge in [-0.15, -0.1) is 0 Å². The molecule has 0 aromatic heterocycles. The van der Waals surface area contributed by atoms with Crippen LogP contribution in [0.4, 0.5) is 5.69 Å². The first-order valence-corrected chi connectivity index (χ1v) is 7.43. The summed E-state index contributed by atoms with van der Waals surface area (Å²) in [6.07, 6.45) is 0. The fourth-order valence-corrected chi connectivity index (χ4v) is 3.35. The zero-order valence-electron chi connectivity index (χ0n) is 10.7. The van der Waals surface area contributed by atoms with Gasteiger partial charge in [-0.3, -0.25) is 25.0 Å². The van der Waals surface area contributed by atoms with E-state index in [-0.39, 0.29) is 11.3 Å². The Kier molecular flexibility index (Phi) is 4.00. The summed E-state index contributed by atoms with van der Waals surface area (Å²) >= 11 is 0. The van der Waals surface area contributed by atoms with Gasteiger partial charge in [0.05, 0.1) is 23.8 Å². The number of para-hydroxylation sites is 1. The van der Waals surface area contributed by atoms with Gasteiger partial charge in [-0.2, -0.15) is 4.31 Å². The van der Waals surface area contributed by atoms with E-state index in [1.54, 1.807) is 0 Å². The molecule has 10 heteroatoms. The monoisotopic (exact) mass is 313 g/mol. The van der Waals surface area contributed by atoms with Crippen LogP contribution >= 0.6 is 0 Å². The summed E-state index contributed by atoms with van der Waals surface area (Å²) in [5, 5.41) is 12.8. The normalized spacial score (nSPS) is 16.6. The minimum Gasteiger partial charge on any atom is -0.294 e. The molecule has 1 heterocycles. The Labute approximate surface area is 119 Å². The van der Waals surface area contributed by atoms with Crippen molar-refractivity contribution >= 4 is 27.5 Å². The lowest BCUT2D eigenvalue weighted by Gasteiger charge is -2.24. The number of hydrogen-bond acceptors (Lipinski definition) is 6. The van der Waals surface area contributed by atoms with Crippen LogP contribution in [0.25, 0.3) is 0 Å². The van der Waals surface area contributed by atoms with E-state index < -0.39 is 45.6 Å². The van der Waals surface area contributed by atoms with E-state index >= 15 is 0 Å². The van der Waals surface area contributed by atoms with E-state index in [1.807, 2.05) is 5.32 Å². The van der Waals surface area contributed by atoms with Crippen molar-refractivity contribution < 1.29 is 22.9 Å². The zero-order valence-corrected chi connectivity index (χ0v) is 11.5. The molecule has 0 spiro atoms. The molecule has 21 heavy (non-hydrogen) atoms. The van der Waals surface area contributed by atoms with Crippen LogP contribution in [-0.4, -0.2) is 42.6 Å². The molecule has 0 bridgehead atoms.